The predicted octanol–water partition coefficient (Wildman–Crippen LogP) is 2.27. The van der Waals surface area contributed by atoms with Crippen LogP contribution in [0.25, 0.3) is 0 Å². The number of nitrogens with zero attached hydrogens (tertiary/aromatic N) is 2. The molecule has 1 heterocycles. The van der Waals surface area contributed by atoms with Crippen LogP contribution in [0.15, 0.2) is 18.2 Å². The number of carboxylic acid groups (broad SMARTS) is 1. The fourth-order valence-electron chi connectivity index (χ4n) is 2.04. The standard InChI is InChI=1S/C15H17N3O3S/c1-4-11-13(22-18-17-11)14(19)16-12(15(20)21)10-6-5-8(2)9(3)7-10/h5-7,12H,4H2,1-3H3,(H,16,19)(H,20,21). The van der Waals surface area contributed by atoms with E-state index in [2.05, 4.69) is 14.9 Å². The molecule has 2 rings (SSSR count). The highest BCUT2D eigenvalue weighted by Gasteiger charge is 2.25. The van der Waals surface area contributed by atoms with Crippen molar-refractivity contribution < 1.29 is 14.7 Å². The van der Waals surface area contributed by atoms with E-state index < -0.39 is 17.9 Å². The highest BCUT2D eigenvalue weighted by molar-refractivity contribution is 7.08. The van der Waals surface area contributed by atoms with E-state index in [1.165, 1.54) is 0 Å². The number of amides is 1. The van der Waals surface area contributed by atoms with Gasteiger partial charge in [0.25, 0.3) is 5.91 Å². The maximum absolute atomic E-state index is 12.3. The predicted molar refractivity (Wildman–Crippen MR) is 83.0 cm³/mol. The molecule has 0 saturated heterocycles. The minimum Gasteiger partial charge on any atom is -0.479 e. The molecule has 6 nitrogen and oxygen atoms in total. The summed E-state index contributed by atoms with van der Waals surface area (Å²) in [5.41, 5.74) is 3.16. The molecule has 0 spiro atoms. The van der Waals surface area contributed by atoms with Gasteiger partial charge in [0.15, 0.2) is 6.04 Å². The molecule has 0 aliphatic carbocycles. The molecule has 0 aliphatic heterocycles. The van der Waals surface area contributed by atoms with Gasteiger partial charge in [-0.25, -0.2) is 4.79 Å². The van der Waals surface area contributed by atoms with Gasteiger partial charge in [-0.1, -0.05) is 29.6 Å². The van der Waals surface area contributed by atoms with Gasteiger partial charge in [-0.05, 0) is 48.5 Å². The summed E-state index contributed by atoms with van der Waals surface area (Å²) in [5, 5.41) is 15.8. The third-order valence-corrected chi connectivity index (χ3v) is 4.25. The zero-order valence-corrected chi connectivity index (χ0v) is 13.4. The molecule has 7 heteroatoms. The SMILES string of the molecule is CCc1nnsc1C(=O)NC(C(=O)O)c1ccc(C)c(C)c1. The Kier molecular flexibility index (Phi) is 4.87. The number of aryl methyl sites for hydroxylation is 3. The molecule has 0 bridgehead atoms. The molecule has 1 atom stereocenters. The summed E-state index contributed by atoms with van der Waals surface area (Å²) in [4.78, 5) is 24.2. The van der Waals surface area contributed by atoms with Crippen molar-refractivity contribution in [1.82, 2.24) is 14.9 Å². The second-order valence-corrected chi connectivity index (χ2v) is 5.74. The maximum Gasteiger partial charge on any atom is 0.330 e. The second-order valence-electron chi connectivity index (χ2n) is 4.99. The van der Waals surface area contributed by atoms with E-state index >= 15 is 0 Å². The summed E-state index contributed by atoms with van der Waals surface area (Å²) in [5.74, 6) is -1.57. The van der Waals surface area contributed by atoms with Gasteiger partial charge in [0.2, 0.25) is 0 Å². The van der Waals surface area contributed by atoms with E-state index in [4.69, 9.17) is 0 Å². The fourth-order valence-corrected chi connectivity index (χ4v) is 2.69. The molecule has 2 aromatic rings. The molecule has 22 heavy (non-hydrogen) atoms. The summed E-state index contributed by atoms with van der Waals surface area (Å²) < 4.78 is 3.75. The zero-order chi connectivity index (χ0) is 16.3. The number of rotatable bonds is 5. The number of hydrogen-bond acceptors (Lipinski definition) is 5. The van der Waals surface area contributed by atoms with Crippen LogP contribution in [0.3, 0.4) is 0 Å². The Morgan fingerprint density at radius 2 is 2.05 bits per heavy atom. The number of hydrogen-bond donors (Lipinski definition) is 2. The zero-order valence-electron chi connectivity index (χ0n) is 12.6. The number of carboxylic acids is 1. The maximum atomic E-state index is 12.3. The van der Waals surface area contributed by atoms with E-state index in [-0.39, 0.29) is 0 Å². The molecule has 0 fully saturated rings. The topological polar surface area (TPSA) is 92.2 Å². The van der Waals surface area contributed by atoms with Gasteiger partial charge in [0.1, 0.15) is 4.88 Å². The average Bonchev–Trinajstić information content (AvgIpc) is 2.96. The molecule has 0 aliphatic rings. The van der Waals surface area contributed by atoms with Gasteiger partial charge in [0, 0.05) is 0 Å². The van der Waals surface area contributed by atoms with E-state index in [1.807, 2.05) is 26.8 Å². The van der Waals surface area contributed by atoms with Crippen molar-refractivity contribution in [2.24, 2.45) is 0 Å². The van der Waals surface area contributed by atoms with E-state index in [9.17, 15) is 14.7 Å². The van der Waals surface area contributed by atoms with Crippen LogP contribution in [-0.2, 0) is 11.2 Å². The van der Waals surface area contributed by atoms with Crippen LogP contribution in [0, 0.1) is 13.8 Å². The van der Waals surface area contributed by atoms with Crippen molar-refractivity contribution in [3.63, 3.8) is 0 Å². The van der Waals surface area contributed by atoms with Crippen LogP contribution >= 0.6 is 11.5 Å². The van der Waals surface area contributed by atoms with Crippen molar-refractivity contribution in [3.8, 4) is 0 Å². The second kappa shape index (κ2) is 6.65. The number of benzene rings is 1. The van der Waals surface area contributed by atoms with Gasteiger partial charge in [0.05, 0.1) is 5.69 Å². The molecular weight excluding hydrogens is 302 g/mol. The summed E-state index contributed by atoms with van der Waals surface area (Å²) >= 11 is 0.971. The molecule has 0 radical (unpaired) electrons. The molecular formula is C15H17N3O3S. The Balaban J connectivity index is 2.27. The minimum atomic E-state index is -1.10. The third kappa shape index (κ3) is 3.30. The molecule has 1 aromatic heterocycles. The lowest BCUT2D eigenvalue weighted by molar-refractivity contribution is -0.139. The van der Waals surface area contributed by atoms with Gasteiger partial charge in [-0.15, -0.1) is 5.10 Å². The van der Waals surface area contributed by atoms with Crippen LogP contribution in [-0.4, -0.2) is 26.6 Å². The lowest BCUT2D eigenvalue weighted by atomic mass is 10.0. The lowest BCUT2D eigenvalue weighted by Crippen LogP contribution is -2.33. The Bertz CT molecular complexity index is 712. The first kappa shape index (κ1) is 16.1. The van der Waals surface area contributed by atoms with E-state index in [1.54, 1.807) is 12.1 Å². The lowest BCUT2D eigenvalue weighted by Gasteiger charge is -2.15. The van der Waals surface area contributed by atoms with Gasteiger partial charge in [-0.2, -0.15) is 0 Å². The fraction of sp³-hybridized carbons (Fsp3) is 0.333. The Morgan fingerprint density at radius 1 is 1.32 bits per heavy atom. The number of carbonyl (C=O) groups is 2. The van der Waals surface area contributed by atoms with E-state index in [0.29, 0.717) is 22.6 Å². The molecule has 1 amide bonds. The number of aromatic nitrogens is 2. The van der Waals surface area contributed by atoms with Crippen molar-refractivity contribution in [2.75, 3.05) is 0 Å². The molecule has 2 N–H and O–H groups in total. The summed E-state index contributed by atoms with van der Waals surface area (Å²) in [7, 11) is 0. The van der Waals surface area contributed by atoms with Gasteiger partial charge < -0.3 is 10.4 Å². The minimum absolute atomic E-state index is 0.359. The Hall–Kier alpha value is -2.28. The molecule has 1 aromatic carbocycles. The molecule has 116 valence electrons. The van der Waals surface area contributed by atoms with Crippen molar-refractivity contribution in [3.05, 3.63) is 45.5 Å². The monoisotopic (exact) mass is 319 g/mol. The summed E-state index contributed by atoms with van der Waals surface area (Å²) in [6.07, 6.45) is 0.570. The smallest absolute Gasteiger partial charge is 0.330 e. The highest BCUT2D eigenvalue weighted by atomic mass is 32.1. The van der Waals surface area contributed by atoms with Crippen molar-refractivity contribution in [1.29, 1.82) is 0 Å². The van der Waals surface area contributed by atoms with Crippen LogP contribution in [0.5, 0.6) is 0 Å². The highest BCUT2D eigenvalue weighted by Crippen LogP contribution is 2.19. The van der Waals surface area contributed by atoms with Crippen LogP contribution < -0.4 is 5.32 Å². The van der Waals surface area contributed by atoms with Gasteiger partial charge in [-0.3, -0.25) is 4.79 Å². The molecule has 1 unspecified atom stereocenters. The Morgan fingerprint density at radius 3 is 2.64 bits per heavy atom. The van der Waals surface area contributed by atoms with E-state index in [0.717, 1.165) is 22.7 Å². The average molecular weight is 319 g/mol. The number of aliphatic carboxylic acids is 1. The quantitative estimate of drug-likeness (QED) is 0.882. The molecule has 0 saturated carbocycles. The van der Waals surface area contributed by atoms with Crippen LogP contribution in [0.4, 0.5) is 0 Å². The summed E-state index contributed by atoms with van der Waals surface area (Å²) in [6.45, 7) is 5.72. The van der Waals surface area contributed by atoms with Gasteiger partial charge >= 0.3 is 5.97 Å². The number of nitrogens with one attached hydrogen (secondary N) is 1. The van der Waals surface area contributed by atoms with Crippen molar-refractivity contribution >= 4 is 23.4 Å². The van der Waals surface area contributed by atoms with Crippen LogP contribution in [0.2, 0.25) is 0 Å². The Labute approximate surface area is 132 Å². The first-order valence-electron chi connectivity index (χ1n) is 6.86. The normalized spacial score (nSPS) is 12.0. The first-order valence-corrected chi connectivity index (χ1v) is 7.63. The largest absolute Gasteiger partial charge is 0.479 e. The van der Waals surface area contributed by atoms with Crippen molar-refractivity contribution in [2.45, 2.75) is 33.2 Å². The number of carbonyl (C=O) groups excluding carboxylic acids is 1. The van der Waals surface area contributed by atoms with Crippen LogP contribution in [0.1, 0.15) is 45.0 Å². The third-order valence-electron chi connectivity index (χ3n) is 3.48. The summed E-state index contributed by atoms with van der Waals surface area (Å²) in [6, 6.07) is 4.24. The first-order chi connectivity index (χ1) is 10.4.